The highest BCUT2D eigenvalue weighted by Crippen LogP contribution is 2.24. The van der Waals surface area contributed by atoms with Gasteiger partial charge in [0.2, 0.25) is 11.9 Å². The van der Waals surface area contributed by atoms with Gasteiger partial charge in [-0.3, -0.25) is 9.36 Å². The Morgan fingerprint density at radius 3 is 2.68 bits per heavy atom. The van der Waals surface area contributed by atoms with Crippen LogP contribution < -0.4 is 9.80 Å². The smallest absolute Gasteiger partial charge is 0.339 e. The van der Waals surface area contributed by atoms with Gasteiger partial charge >= 0.3 is 5.97 Å². The first-order valence-corrected chi connectivity index (χ1v) is 9.80. The molecule has 28 heavy (non-hydrogen) atoms. The lowest BCUT2D eigenvalue weighted by Crippen LogP contribution is -2.37. The molecule has 1 aromatic heterocycles. The first-order valence-electron chi connectivity index (χ1n) is 8.81. The number of morpholine rings is 1. The van der Waals surface area contributed by atoms with Crippen molar-refractivity contribution in [2.75, 3.05) is 56.0 Å². The molecule has 2 aromatic rings. The maximum atomic E-state index is 12.7. The summed E-state index contributed by atoms with van der Waals surface area (Å²) in [5.41, 5.74) is 0.853. The van der Waals surface area contributed by atoms with Gasteiger partial charge in [-0.25, -0.2) is 4.79 Å². The van der Waals surface area contributed by atoms with Crippen LogP contribution in [0.4, 0.5) is 11.6 Å². The number of rotatable bonds is 6. The maximum absolute atomic E-state index is 12.7. The van der Waals surface area contributed by atoms with Crippen molar-refractivity contribution in [3.8, 4) is 0 Å². The Labute approximate surface area is 167 Å². The van der Waals surface area contributed by atoms with Crippen LogP contribution in [0.25, 0.3) is 0 Å². The van der Waals surface area contributed by atoms with Crippen molar-refractivity contribution in [3.05, 3.63) is 29.8 Å². The highest BCUT2D eigenvalue weighted by molar-refractivity contribution is 7.99. The minimum absolute atomic E-state index is 0.155. The number of carbonyl (C=O) groups is 2. The Bertz CT molecular complexity index is 850. The van der Waals surface area contributed by atoms with Gasteiger partial charge in [-0.1, -0.05) is 23.9 Å². The number of nitrogens with zero attached hydrogens (tertiary/aromatic N) is 5. The summed E-state index contributed by atoms with van der Waals surface area (Å²) < 4.78 is 12.0. The van der Waals surface area contributed by atoms with E-state index in [1.54, 1.807) is 31.3 Å². The normalized spacial score (nSPS) is 14.0. The minimum atomic E-state index is -0.480. The number of benzene rings is 1. The van der Waals surface area contributed by atoms with Crippen molar-refractivity contribution in [1.82, 2.24) is 14.8 Å². The second-order valence-corrected chi connectivity index (χ2v) is 7.13. The second-order valence-electron chi connectivity index (χ2n) is 6.19. The van der Waals surface area contributed by atoms with E-state index in [9.17, 15) is 9.59 Å². The van der Waals surface area contributed by atoms with Crippen molar-refractivity contribution in [2.24, 2.45) is 7.05 Å². The molecule has 150 valence electrons. The third-order valence-electron chi connectivity index (χ3n) is 4.48. The highest BCUT2D eigenvalue weighted by Gasteiger charge is 2.22. The first kappa shape index (κ1) is 20.2. The molecule has 1 aliphatic rings. The Balaban J connectivity index is 1.66. The fourth-order valence-corrected chi connectivity index (χ4v) is 3.70. The van der Waals surface area contributed by atoms with Gasteiger partial charge in [0, 0.05) is 27.2 Å². The number of esters is 1. The standard InChI is InChI=1S/C18H23N5O4S/c1-21(14-7-5-4-6-13(14)16(25)26-3)15(24)12-28-18-20-19-17(22(18)2)23-8-10-27-11-9-23/h4-7H,8-12H2,1-3H3. The Morgan fingerprint density at radius 2 is 1.96 bits per heavy atom. The lowest BCUT2D eigenvalue weighted by molar-refractivity contribution is -0.115. The molecule has 0 saturated carbocycles. The predicted molar refractivity (Wildman–Crippen MR) is 106 cm³/mol. The number of hydrogen-bond donors (Lipinski definition) is 0. The van der Waals surface area contributed by atoms with E-state index in [1.165, 1.54) is 23.8 Å². The Hall–Kier alpha value is -2.59. The summed E-state index contributed by atoms with van der Waals surface area (Å²) in [6.45, 7) is 2.86. The molecule has 1 fully saturated rings. The molecule has 3 rings (SSSR count). The molecule has 0 spiro atoms. The number of para-hydroxylation sites is 1. The van der Waals surface area contributed by atoms with Gasteiger partial charge in [-0.15, -0.1) is 10.2 Å². The number of thioether (sulfide) groups is 1. The predicted octanol–water partition coefficient (Wildman–Crippen LogP) is 1.19. The molecule has 0 radical (unpaired) electrons. The van der Waals surface area contributed by atoms with Gasteiger partial charge in [0.1, 0.15) is 0 Å². The molecule has 0 atom stereocenters. The molecule has 9 nitrogen and oxygen atoms in total. The molecular weight excluding hydrogens is 382 g/mol. The summed E-state index contributed by atoms with van der Waals surface area (Å²) in [7, 11) is 4.84. The van der Waals surface area contributed by atoms with Crippen LogP contribution in [0.5, 0.6) is 0 Å². The van der Waals surface area contributed by atoms with E-state index in [0.717, 1.165) is 19.0 Å². The van der Waals surface area contributed by atoms with Crippen molar-refractivity contribution in [1.29, 1.82) is 0 Å². The zero-order valence-electron chi connectivity index (χ0n) is 16.1. The van der Waals surface area contributed by atoms with Crippen LogP contribution in [-0.4, -0.2) is 72.9 Å². The Kier molecular flexibility index (Phi) is 6.53. The van der Waals surface area contributed by atoms with Crippen LogP contribution in [0.1, 0.15) is 10.4 Å². The monoisotopic (exact) mass is 405 g/mol. The lowest BCUT2D eigenvalue weighted by Gasteiger charge is -2.27. The SMILES string of the molecule is COC(=O)c1ccccc1N(C)C(=O)CSc1nnc(N2CCOCC2)n1C. The summed E-state index contributed by atoms with van der Waals surface area (Å²) in [4.78, 5) is 28.2. The number of methoxy groups -OCH3 is 1. The van der Waals surface area contributed by atoms with Crippen molar-refractivity contribution < 1.29 is 19.1 Å². The second kappa shape index (κ2) is 9.07. The number of carbonyl (C=O) groups excluding carboxylic acids is 2. The van der Waals surface area contributed by atoms with Gasteiger partial charge in [0.25, 0.3) is 0 Å². The molecule has 0 unspecified atom stereocenters. The van der Waals surface area contributed by atoms with E-state index in [0.29, 0.717) is 29.6 Å². The van der Waals surface area contributed by atoms with Crippen LogP contribution in [0, 0.1) is 0 Å². The van der Waals surface area contributed by atoms with Gasteiger partial charge in [0.15, 0.2) is 5.16 Å². The number of hydrogen-bond acceptors (Lipinski definition) is 8. The van der Waals surface area contributed by atoms with Crippen LogP contribution >= 0.6 is 11.8 Å². The van der Waals surface area contributed by atoms with E-state index in [1.807, 2.05) is 11.6 Å². The van der Waals surface area contributed by atoms with Crippen LogP contribution in [0.2, 0.25) is 0 Å². The average Bonchev–Trinajstić information content (AvgIpc) is 3.11. The fourth-order valence-electron chi connectivity index (χ4n) is 2.88. The zero-order chi connectivity index (χ0) is 20.1. The molecule has 1 amide bonds. The molecular formula is C18H23N5O4S. The molecule has 1 saturated heterocycles. The van der Waals surface area contributed by atoms with Crippen molar-refractivity contribution >= 4 is 35.3 Å². The van der Waals surface area contributed by atoms with E-state index in [-0.39, 0.29) is 11.7 Å². The number of anilines is 2. The summed E-state index contributed by atoms with van der Waals surface area (Å²) >= 11 is 1.31. The van der Waals surface area contributed by atoms with E-state index < -0.39 is 5.97 Å². The average molecular weight is 405 g/mol. The van der Waals surface area contributed by atoms with Crippen molar-refractivity contribution in [3.63, 3.8) is 0 Å². The minimum Gasteiger partial charge on any atom is -0.465 e. The number of ether oxygens (including phenoxy) is 2. The maximum Gasteiger partial charge on any atom is 0.339 e. The van der Waals surface area contributed by atoms with E-state index in [2.05, 4.69) is 15.1 Å². The topological polar surface area (TPSA) is 89.8 Å². The summed E-state index contributed by atoms with van der Waals surface area (Å²) in [6.07, 6.45) is 0. The summed E-state index contributed by atoms with van der Waals surface area (Å²) in [6, 6.07) is 6.86. The largest absolute Gasteiger partial charge is 0.465 e. The van der Waals surface area contributed by atoms with Crippen molar-refractivity contribution in [2.45, 2.75) is 5.16 Å². The third kappa shape index (κ3) is 4.28. The molecule has 0 aliphatic carbocycles. The van der Waals surface area contributed by atoms with Crippen LogP contribution in [0.3, 0.4) is 0 Å². The number of aromatic nitrogens is 3. The molecule has 2 heterocycles. The van der Waals surface area contributed by atoms with Gasteiger partial charge in [-0.05, 0) is 12.1 Å². The number of amides is 1. The third-order valence-corrected chi connectivity index (χ3v) is 5.48. The molecule has 1 aromatic carbocycles. The van der Waals surface area contributed by atoms with Gasteiger partial charge < -0.3 is 19.3 Å². The van der Waals surface area contributed by atoms with Gasteiger partial charge in [0.05, 0.1) is 37.3 Å². The lowest BCUT2D eigenvalue weighted by atomic mass is 10.1. The fraction of sp³-hybridized carbons (Fsp3) is 0.444. The molecule has 10 heteroatoms. The molecule has 1 aliphatic heterocycles. The summed E-state index contributed by atoms with van der Waals surface area (Å²) in [5, 5.41) is 9.10. The highest BCUT2D eigenvalue weighted by atomic mass is 32.2. The van der Waals surface area contributed by atoms with Crippen LogP contribution in [0.15, 0.2) is 29.4 Å². The summed E-state index contributed by atoms with van der Waals surface area (Å²) in [5.74, 6) is 0.299. The van der Waals surface area contributed by atoms with E-state index >= 15 is 0 Å². The van der Waals surface area contributed by atoms with Crippen LogP contribution in [-0.2, 0) is 21.3 Å². The van der Waals surface area contributed by atoms with E-state index in [4.69, 9.17) is 9.47 Å². The first-order chi connectivity index (χ1) is 13.5. The Morgan fingerprint density at radius 1 is 1.25 bits per heavy atom. The molecule has 0 bridgehead atoms. The van der Waals surface area contributed by atoms with Gasteiger partial charge in [-0.2, -0.15) is 0 Å². The zero-order valence-corrected chi connectivity index (χ0v) is 16.9. The quantitative estimate of drug-likeness (QED) is 0.523. The molecule has 0 N–H and O–H groups in total.